The first-order chi connectivity index (χ1) is 9.29. The van der Waals surface area contributed by atoms with Crippen LogP contribution in [0.1, 0.15) is 34.9 Å². The summed E-state index contributed by atoms with van der Waals surface area (Å²) in [5.41, 5.74) is 4.34. The maximum atomic E-state index is 5.99. The molecule has 0 aromatic heterocycles. The average Bonchev–Trinajstić information content (AvgIpc) is 2.80. The van der Waals surface area contributed by atoms with Crippen molar-refractivity contribution >= 4 is 11.6 Å². The smallest absolute Gasteiger partial charge is 0.0406 e. The van der Waals surface area contributed by atoms with Crippen molar-refractivity contribution in [2.45, 2.75) is 18.3 Å². The molecule has 0 saturated carbocycles. The summed E-state index contributed by atoms with van der Waals surface area (Å²) < 4.78 is 0. The van der Waals surface area contributed by atoms with Crippen LogP contribution in [0.5, 0.6) is 0 Å². The van der Waals surface area contributed by atoms with Crippen LogP contribution >= 0.6 is 11.6 Å². The molecule has 0 radical (unpaired) electrons. The molecule has 2 aromatic rings. The number of benzene rings is 2. The van der Waals surface area contributed by atoms with E-state index < -0.39 is 0 Å². The van der Waals surface area contributed by atoms with Crippen LogP contribution in [0.3, 0.4) is 0 Å². The van der Waals surface area contributed by atoms with Crippen molar-refractivity contribution in [1.82, 2.24) is 5.32 Å². The molecule has 0 bridgehead atoms. The lowest BCUT2D eigenvalue weighted by molar-refractivity contribution is 0.597. The quantitative estimate of drug-likeness (QED) is 0.883. The van der Waals surface area contributed by atoms with Crippen LogP contribution in [0.25, 0.3) is 0 Å². The molecule has 19 heavy (non-hydrogen) atoms. The van der Waals surface area contributed by atoms with E-state index in [0.717, 1.165) is 11.6 Å². The van der Waals surface area contributed by atoms with Crippen LogP contribution in [-0.2, 0) is 0 Å². The second-order valence-electron chi connectivity index (χ2n) is 5.22. The van der Waals surface area contributed by atoms with Gasteiger partial charge in [0.15, 0.2) is 0 Å². The van der Waals surface area contributed by atoms with Gasteiger partial charge in [-0.15, -0.1) is 0 Å². The monoisotopic (exact) mass is 271 g/mol. The van der Waals surface area contributed by atoms with E-state index in [0.29, 0.717) is 11.8 Å². The van der Waals surface area contributed by atoms with Gasteiger partial charge in [0.2, 0.25) is 0 Å². The number of halogens is 1. The van der Waals surface area contributed by atoms with E-state index in [1.165, 1.54) is 23.1 Å². The first kappa shape index (κ1) is 12.7. The van der Waals surface area contributed by atoms with Gasteiger partial charge in [-0.2, -0.15) is 0 Å². The molecular formula is C17H18ClN. The van der Waals surface area contributed by atoms with E-state index in [-0.39, 0.29) is 0 Å². The van der Waals surface area contributed by atoms with Crippen LogP contribution in [0.2, 0.25) is 5.02 Å². The zero-order valence-corrected chi connectivity index (χ0v) is 11.8. The molecule has 0 unspecified atom stereocenters. The summed E-state index contributed by atoms with van der Waals surface area (Å²) in [4.78, 5) is 0. The van der Waals surface area contributed by atoms with Crippen molar-refractivity contribution in [2.24, 2.45) is 0 Å². The van der Waals surface area contributed by atoms with Crippen LogP contribution in [0, 0.1) is 0 Å². The molecule has 98 valence electrons. The largest absolute Gasteiger partial charge is 0.319 e. The highest BCUT2D eigenvalue weighted by atomic mass is 35.5. The predicted octanol–water partition coefficient (Wildman–Crippen LogP) is 4.18. The van der Waals surface area contributed by atoms with E-state index >= 15 is 0 Å². The second kappa shape index (κ2) is 5.36. The molecule has 2 heteroatoms. The normalized spacial score (nSPS) is 21.4. The van der Waals surface area contributed by atoms with Gasteiger partial charge in [-0.25, -0.2) is 0 Å². The molecule has 1 aliphatic rings. The van der Waals surface area contributed by atoms with E-state index in [4.69, 9.17) is 11.6 Å². The summed E-state index contributed by atoms with van der Waals surface area (Å²) in [5.74, 6) is 1.12. The number of hydrogen-bond donors (Lipinski definition) is 1. The molecule has 1 N–H and O–H groups in total. The Morgan fingerprint density at radius 1 is 1.05 bits per heavy atom. The summed E-state index contributed by atoms with van der Waals surface area (Å²) in [5, 5.41) is 4.12. The molecular weight excluding hydrogens is 254 g/mol. The fourth-order valence-electron chi connectivity index (χ4n) is 3.19. The third kappa shape index (κ3) is 2.41. The first-order valence-electron chi connectivity index (χ1n) is 6.78. The van der Waals surface area contributed by atoms with E-state index in [1.54, 1.807) is 0 Å². The number of fused-ring (bicyclic) bond motifs is 1. The lowest BCUT2D eigenvalue weighted by Crippen LogP contribution is -2.15. The minimum absolute atomic E-state index is 0.506. The molecule has 0 saturated heterocycles. The summed E-state index contributed by atoms with van der Waals surface area (Å²) in [6, 6.07) is 17.1. The molecule has 2 atom stereocenters. The zero-order valence-electron chi connectivity index (χ0n) is 11.1. The number of rotatable bonds is 3. The summed E-state index contributed by atoms with van der Waals surface area (Å²) >= 11 is 5.99. The Morgan fingerprint density at radius 2 is 1.74 bits per heavy atom. The molecule has 3 rings (SSSR count). The molecule has 2 aromatic carbocycles. The van der Waals surface area contributed by atoms with Gasteiger partial charge in [-0.05, 0) is 48.2 Å². The van der Waals surface area contributed by atoms with Crippen molar-refractivity contribution < 1.29 is 0 Å². The maximum absolute atomic E-state index is 5.99. The van der Waals surface area contributed by atoms with Gasteiger partial charge in [-0.1, -0.05) is 48.0 Å². The summed E-state index contributed by atoms with van der Waals surface area (Å²) in [7, 11) is 2.03. The van der Waals surface area contributed by atoms with Gasteiger partial charge in [0.1, 0.15) is 0 Å². The number of nitrogens with one attached hydrogen (secondary N) is 1. The molecule has 0 aliphatic heterocycles. The lowest BCUT2D eigenvalue weighted by Gasteiger charge is -2.12. The lowest BCUT2D eigenvalue weighted by atomic mass is 9.93. The minimum atomic E-state index is 0.506. The molecule has 1 aliphatic carbocycles. The van der Waals surface area contributed by atoms with Gasteiger partial charge >= 0.3 is 0 Å². The molecule has 1 nitrogen and oxygen atoms in total. The third-order valence-corrected chi connectivity index (χ3v) is 4.31. The van der Waals surface area contributed by atoms with E-state index in [9.17, 15) is 0 Å². The van der Waals surface area contributed by atoms with E-state index in [1.807, 2.05) is 19.2 Å². The van der Waals surface area contributed by atoms with Gasteiger partial charge in [0.25, 0.3) is 0 Å². The van der Waals surface area contributed by atoms with Crippen molar-refractivity contribution in [3.05, 3.63) is 70.2 Å². The number of hydrogen-bond acceptors (Lipinski definition) is 1. The van der Waals surface area contributed by atoms with Crippen LogP contribution in [0.4, 0.5) is 0 Å². The average molecular weight is 272 g/mol. The highest BCUT2D eigenvalue weighted by Gasteiger charge is 2.30. The van der Waals surface area contributed by atoms with Gasteiger partial charge in [-0.3, -0.25) is 0 Å². The van der Waals surface area contributed by atoms with Crippen LogP contribution in [-0.4, -0.2) is 13.6 Å². The molecule has 0 fully saturated rings. The summed E-state index contributed by atoms with van der Waals surface area (Å²) in [6.07, 6.45) is 1.18. The Morgan fingerprint density at radius 3 is 2.42 bits per heavy atom. The maximum Gasteiger partial charge on any atom is 0.0406 e. The van der Waals surface area contributed by atoms with Crippen molar-refractivity contribution in [2.75, 3.05) is 13.6 Å². The highest BCUT2D eigenvalue weighted by molar-refractivity contribution is 6.30. The summed E-state index contributed by atoms with van der Waals surface area (Å²) in [6.45, 7) is 1.04. The Kier molecular flexibility index (Phi) is 3.58. The number of likely N-dealkylation sites (N-methyl/N-ethyl adjacent to an activating group) is 1. The second-order valence-corrected chi connectivity index (χ2v) is 5.66. The van der Waals surface area contributed by atoms with Gasteiger partial charge in [0.05, 0.1) is 0 Å². The zero-order chi connectivity index (χ0) is 13.2. The molecule has 0 amide bonds. The van der Waals surface area contributed by atoms with Gasteiger partial charge < -0.3 is 5.32 Å². The molecule has 0 heterocycles. The Bertz CT molecular complexity index is 562. The fourth-order valence-corrected chi connectivity index (χ4v) is 3.31. The topological polar surface area (TPSA) is 12.0 Å². The van der Waals surface area contributed by atoms with E-state index in [2.05, 4.69) is 41.7 Å². The van der Waals surface area contributed by atoms with Crippen molar-refractivity contribution in [1.29, 1.82) is 0 Å². The first-order valence-corrected chi connectivity index (χ1v) is 7.16. The minimum Gasteiger partial charge on any atom is -0.319 e. The van der Waals surface area contributed by atoms with Crippen molar-refractivity contribution in [3.8, 4) is 0 Å². The van der Waals surface area contributed by atoms with Crippen molar-refractivity contribution in [3.63, 3.8) is 0 Å². The standard InChI is InChI=1S/C17H18ClN/c1-19-11-13-10-17(12-6-8-14(18)9-7-12)16-5-3-2-4-15(13)16/h2-9,13,17,19H,10-11H2,1H3/t13-,17+/m1/s1. The Hall–Kier alpha value is -1.31. The third-order valence-electron chi connectivity index (χ3n) is 4.05. The highest BCUT2D eigenvalue weighted by Crippen LogP contribution is 2.44. The predicted molar refractivity (Wildman–Crippen MR) is 81.0 cm³/mol. The van der Waals surface area contributed by atoms with Crippen LogP contribution < -0.4 is 5.32 Å². The fraction of sp³-hybridized carbons (Fsp3) is 0.294. The van der Waals surface area contributed by atoms with Gasteiger partial charge in [0, 0.05) is 17.5 Å². The Labute approximate surface area is 119 Å². The van der Waals surface area contributed by atoms with Crippen LogP contribution in [0.15, 0.2) is 48.5 Å². The molecule has 0 spiro atoms. The SMILES string of the molecule is CNC[C@H]1C[C@@H](c2ccc(Cl)cc2)c2ccccc21. The Balaban J connectivity index is 1.98.